The van der Waals surface area contributed by atoms with Gasteiger partial charge >= 0.3 is 6.09 Å². The zero-order valence-electron chi connectivity index (χ0n) is 7.47. The second-order valence-corrected chi connectivity index (χ2v) is 2.77. The zero-order chi connectivity index (χ0) is 10.4. The number of carbonyl (C=O) groups is 1. The highest BCUT2D eigenvalue weighted by Gasteiger charge is 2.12. The Morgan fingerprint density at radius 2 is 2.14 bits per heavy atom. The summed E-state index contributed by atoms with van der Waals surface area (Å²) in [6.45, 7) is 0. The van der Waals surface area contributed by atoms with Crippen molar-refractivity contribution in [1.29, 1.82) is 5.26 Å². The van der Waals surface area contributed by atoms with Crippen LogP contribution in [-0.4, -0.2) is 11.2 Å². The number of nitrogens with zero attached hydrogens (tertiary/aromatic N) is 1. The van der Waals surface area contributed by atoms with Crippen LogP contribution in [0.5, 0.6) is 0 Å². The van der Waals surface area contributed by atoms with E-state index in [0.29, 0.717) is 0 Å². The van der Waals surface area contributed by atoms with Crippen molar-refractivity contribution in [1.82, 2.24) is 5.32 Å². The number of hydrogen-bond acceptors (Lipinski definition) is 2. The molecular weight excluding hydrogens is 180 g/mol. The molecule has 2 N–H and O–H groups in total. The number of carboxylic acid groups (broad SMARTS) is 1. The molecule has 0 radical (unpaired) electrons. The van der Waals surface area contributed by atoms with Crippen molar-refractivity contribution in [3.8, 4) is 6.07 Å². The fourth-order valence-electron chi connectivity index (χ4n) is 1.18. The molecule has 0 aliphatic rings. The van der Waals surface area contributed by atoms with Gasteiger partial charge < -0.3 is 10.4 Å². The molecule has 0 saturated carbocycles. The normalized spacial score (nSPS) is 11.4. The van der Waals surface area contributed by atoms with E-state index in [1.165, 1.54) is 0 Å². The second-order valence-electron chi connectivity index (χ2n) is 2.77. The number of rotatable bonds is 3. The van der Waals surface area contributed by atoms with Crippen LogP contribution < -0.4 is 5.32 Å². The number of nitriles is 1. The van der Waals surface area contributed by atoms with Gasteiger partial charge in [-0.15, -0.1) is 0 Å². The van der Waals surface area contributed by atoms with Crippen LogP contribution in [0.3, 0.4) is 0 Å². The molecule has 0 aliphatic heterocycles. The third kappa shape index (κ3) is 2.79. The largest absolute Gasteiger partial charge is 0.465 e. The molecule has 4 heteroatoms. The Hall–Kier alpha value is -2.02. The van der Waals surface area contributed by atoms with Gasteiger partial charge in [-0.1, -0.05) is 30.3 Å². The predicted molar refractivity (Wildman–Crippen MR) is 50.6 cm³/mol. The summed E-state index contributed by atoms with van der Waals surface area (Å²) in [6.07, 6.45) is -0.981. The molecule has 1 aromatic carbocycles. The third-order valence-electron chi connectivity index (χ3n) is 1.80. The Bertz CT molecular complexity index is 343. The maximum Gasteiger partial charge on any atom is 0.405 e. The van der Waals surface area contributed by atoms with E-state index in [1.54, 1.807) is 12.1 Å². The monoisotopic (exact) mass is 190 g/mol. The minimum atomic E-state index is -1.12. The van der Waals surface area contributed by atoms with Crippen molar-refractivity contribution in [3.05, 3.63) is 35.9 Å². The molecule has 1 rings (SSSR count). The summed E-state index contributed by atoms with van der Waals surface area (Å²) in [4.78, 5) is 10.4. The molecule has 0 aromatic heterocycles. The molecule has 14 heavy (non-hydrogen) atoms. The van der Waals surface area contributed by atoms with Gasteiger partial charge in [0.15, 0.2) is 0 Å². The first-order valence-corrected chi connectivity index (χ1v) is 4.15. The number of benzene rings is 1. The van der Waals surface area contributed by atoms with Gasteiger partial charge in [0.25, 0.3) is 0 Å². The Balaban J connectivity index is 2.78. The first-order valence-electron chi connectivity index (χ1n) is 4.15. The van der Waals surface area contributed by atoms with Crippen LogP contribution in [-0.2, 0) is 0 Å². The molecule has 0 fully saturated rings. The number of amides is 1. The SMILES string of the molecule is N#CC[C@@H](NC(=O)O)c1ccccc1. The molecule has 4 nitrogen and oxygen atoms in total. The smallest absolute Gasteiger partial charge is 0.405 e. The van der Waals surface area contributed by atoms with E-state index in [0.717, 1.165) is 5.56 Å². The van der Waals surface area contributed by atoms with Gasteiger partial charge in [-0.05, 0) is 5.56 Å². The molecule has 0 unspecified atom stereocenters. The Morgan fingerprint density at radius 1 is 1.50 bits per heavy atom. The van der Waals surface area contributed by atoms with Gasteiger partial charge in [0.2, 0.25) is 0 Å². The minimum Gasteiger partial charge on any atom is -0.465 e. The van der Waals surface area contributed by atoms with Crippen LogP contribution in [0.15, 0.2) is 30.3 Å². The molecule has 1 atom stereocenters. The lowest BCUT2D eigenvalue weighted by Crippen LogP contribution is -2.26. The number of hydrogen-bond donors (Lipinski definition) is 2. The predicted octanol–water partition coefficient (Wildman–Crippen LogP) is 1.91. The lowest BCUT2D eigenvalue weighted by atomic mass is 10.1. The molecule has 1 aromatic rings. The highest BCUT2D eigenvalue weighted by atomic mass is 16.4. The minimum absolute atomic E-state index is 0.135. The maximum atomic E-state index is 10.4. The maximum absolute atomic E-state index is 10.4. The molecule has 1 amide bonds. The molecule has 0 heterocycles. The van der Waals surface area contributed by atoms with Crippen molar-refractivity contribution in [2.75, 3.05) is 0 Å². The Kier molecular flexibility index (Phi) is 3.50. The zero-order valence-corrected chi connectivity index (χ0v) is 7.47. The van der Waals surface area contributed by atoms with E-state index in [4.69, 9.17) is 10.4 Å². The van der Waals surface area contributed by atoms with Crippen LogP contribution in [0.2, 0.25) is 0 Å². The Morgan fingerprint density at radius 3 is 2.64 bits per heavy atom. The van der Waals surface area contributed by atoms with E-state index in [9.17, 15) is 4.79 Å². The standard InChI is InChI=1S/C10H10N2O2/c11-7-6-9(12-10(13)14)8-4-2-1-3-5-8/h1-5,9,12H,6H2,(H,13,14)/t9-/m1/s1. The van der Waals surface area contributed by atoms with Gasteiger partial charge in [-0.3, -0.25) is 0 Å². The van der Waals surface area contributed by atoms with Gasteiger partial charge in [-0.25, -0.2) is 4.79 Å². The van der Waals surface area contributed by atoms with Gasteiger partial charge in [-0.2, -0.15) is 5.26 Å². The number of nitrogens with one attached hydrogen (secondary N) is 1. The van der Waals surface area contributed by atoms with Gasteiger partial charge in [0, 0.05) is 0 Å². The third-order valence-corrected chi connectivity index (χ3v) is 1.80. The summed E-state index contributed by atoms with van der Waals surface area (Å²) in [5.41, 5.74) is 0.802. The van der Waals surface area contributed by atoms with E-state index in [2.05, 4.69) is 5.32 Å². The van der Waals surface area contributed by atoms with Crippen LogP contribution in [0.1, 0.15) is 18.0 Å². The fraction of sp³-hybridized carbons (Fsp3) is 0.200. The van der Waals surface area contributed by atoms with Gasteiger partial charge in [0.1, 0.15) is 0 Å². The van der Waals surface area contributed by atoms with Gasteiger partial charge in [0.05, 0.1) is 18.5 Å². The van der Waals surface area contributed by atoms with Crippen molar-refractivity contribution in [2.24, 2.45) is 0 Å². The first-order chi connectivity index (χ1) is 6.74. The fourth-order valence-corrected chi connectivity index (χ4v) is 1.18. The second kappa shape index (κ2) is 4.87. The first kappa shape index (κ1) is 10.1. The van der Waals surface area contributed by atoms with E-state index < -0.39 is 12.1 Å². The lowest BCUT2D eigenvalue weighted by molar-refractivity contribution is 0.190. The average molecular weight is 190 g/mol. The quantitative estimate of drug-likeness (QED) is 0.764. The molecule has 0 spiro atoms. The van der Waals surface area contributed by atoms with E-state index in [-0.39, 0.29) is 6.42 Å². The van der Waals surface area contributed by atoms with Crippen molar-refractivity contribution in [2.45, 2.75) is 12.5 Å². The van der Waals surface area contributed by atoms with Crippen LogP contribution >= 0.6 is 0 Å². The van der Waals surface area contributed by atoms with Crippen LogP contribution in [0, 0.1) is 11.3 Å². The molecular formula is C10H10N2O2. The van der Waals surface area contributed by atoms with E-state index >= 15 is 0 Å². The summed E-state index contributed by atoms with van der Waals surface area (Å²) in [5, 5.41) is 19.4. The molecule has 72 valence electrons. The van der Waals surface area contributed by atoms with Crippen molar-refractivity contribution in [3.63, 3.8) is 0 Å². The molecule has 0 saturated heterocycles. The highest BCUT2D eigenvalue weighted by molar-refractivity contribution is 5.65. The van der Waals surface area contributed by atoms with Crippen molar-refractivity contribution < 1.29 is 9.90 Å². The van der Waals surface area contributed by atoms with E-state index in [1.807, 2.05) is 24.3 Å². The summed E-state index contributed by atoms with van der Waals surface area (Å²) in [6, 6.07) is 10.5. The summed E-state index contributed by atoms with van der Waals surface area (Å²) in [5.74, 6) is 0. The molecule has 0 aliphatic carbocycles. The summed E-state index contributed by atoms with van der Waals surface area (Å²) in [7, 11) is 0. The Labute approximate surface area is 81.8 Å². The average Bonchev–Trinajstić information content (AvgIpc) is 2.18. The van der Waals surface area contributed by atoms with Crippen LogP contribution in [0.25, 0.3) is 0 Å². The highest BCUT2D eigenvalue weighted by Crippen LogP contribution is 2.15. The van der Waals surface area contributed by atoms with Crippen molar-refractivity contribution >= 4 is 6.09 Å². The topological polar surface area (TPSA) is 73.1 Å². The lowest BCUT2D eigenvalue weighted by Gasteiger charge is -2.13. The van der Waals surface area contributed by atoms with Crippen LogP contribution in [0.4, 0.5) is 4.79 Å². The molecule has 0 bridgehead atoms. The summed E-state index contributed by atoms with van der Waals surface area (Å²) < 4.78 is 0. The summed E-state index contributed by atoms with van der Waals surface area (Å²) >= 11 is 0.